The summed E-state index contributed by atoms with van der Waals surface area (Å²) >= 11 is 0. The van der Waals surface area contributed by atoms with Crippen LogP contribution in [0.3, 0.4) is 0 Å². The van der Waals surface area contributed by atoms with Gasteiger partial charge in [0, 0.05) is 6.92 Å². The summed E-state index contributed by atoms with van der Waals surface area (Å²) in [6.07, 6.45) is 0. The molecule has 0 heterocycles. The molecule has 0 fully saturated rings. The highest BCUT2D eigenvalue weighted by Gasteiger charge is 2.35. The van der Waals surface area contributed by atoms with E-state index in [2.05, 4.69) is 0 Å². The minimum Gasteiger partial charge on any atom is -0.287 e. The van der Waals surface area contributed by atoms with Crippen LogP contribution in [0.4, 0.5) is 13.2 Å². The first-order valence-electron chi connectivity index (χ1n) is 4.43. The molecular formula is C11H11F3O. The van der Waals surface area contributed by atoms with Crippen LogP contribution in [0.2, 0.25) is 0 Å². The highest BCUT2D eigenvalue weighted by atomic mass is 19.3. The molecule has 0 saturated carbocycles. The molecular weight excluding hydrogens is 205 g/mol. The zero-order valence-corrected chi connectivity index (χ0v) is 8.70. The third-order valence-electron chi connectivity index (χ3n) is 2.06. The number of rotatable bonds is 2. The molecule has 0 aromatic heterocycles. The third kappa shape index (κ3) is 2.37. The predicted molar refractivity (Wildman–Crippen MR) is 50.8 cm³/mol. The highest BCUT2D eigenvalue weighted by Crippen LogP contribution is 2.24. The molecule has 0 radical (unpaired) electrons. The van der Waals surface area contributed by atoms with Gasteiger partial charge in [-0.25, -0.2) is 4.39 Å². The van der Waals surface area contributed by atoms with Crippen molar-refractivity contribution in [3.8, 4) is 0 Å². The average Bonchev–Trinajstić information content (AvgIpc) is 1.99. The molecule has 1 aromatic rings. The van der Waals surface area contributed by atoms with Crippen LogP contribution in [-0.2, 0) is 0 Å². The van der Waals surface area contributed by atoms with E-state index in [0.717, 1.165) is 6.07 Å². The van der Waals surface area contributed by atoms with E-state index in [0.29, 0.717) is 12.5 Å². The quantitative estimate of drug-likeness (QED) is 0.693. The predicted octanol–water partition coefficient (Wildman–Crippen LogP) is 3.28. The molecule has 0 N–H and O–H groups in total. The van der Waals surface area contributed by atoms with Crippen molar-refractivity contribution in [1.82, 2.24) is 0 Å². The molecule has 0 aliphatic rings. The maximum Gasteiger partial charge on any atom is 0.307 e. The van der Waals surface area contributed by atoms with Gasteiger partial charge in [0.25, 0.3) is 0 Å². The van der Waals surface area contributed by atoms with E-state index in [-0.39, 0.29) is 5.56 Å². The van der Waals surface area contributed by atoms with Crippen molar-refractivity contribution < 1.29 is 18.0 Å². The number of carbonyl (C=O) groups is 1. The maximum atomic E-state index is 13.3. The van der Waals surface area contributed by atoms with Crippen LogP contribution in [0.25, 0.3) is 0 Å². The molecule has 1 nitrogen and oxygen atoms in total. The highest BCUT2D eigenvalue weighted by molar-refractivity contribution is 6.02. The second-order valence-corrected chi connectivity index (χ2v) is 3.66. The van der Waals surface area contributed by atoms with Crippen molar-refractivity contribution in [2.75, 3.05) is 0 Å². The Morgan fingerprint density at radius 2 is 1.80 bits per heavy atom. The molecule has 15 heavy (non-hydrogen) atoms. The van der Waals surface area contributed by atoms with Crippen LogP contribution in [0, 0.1) is 19.7 Å². The summed E-state index contributed by atoms with van der Waals surface area (Å²) in [5.74, 6) is -5.91. The molecule has 1 rings (SSSR count). The lowest BCUT2D eigenvalue weighted by Gasteiger charge is -2.12. The molecule has 0 aliphatic heterocycles. The summed E-state index contributed by atoms with van der Waals surface area (Å²) < 4.78 is 38.8. The largest absolute Gasteiger partial charge is 0.307 e. The SMILES string of the molecule is Cc1cc(C)c(C(=O)C(C)(F)F)c(F)c1. The van der Waals surface area contributed by atoms with Crippen molar-refractivity contribution in [2.24, 2.45) is 0 Å². The van der Waals surface area contributed by atoms with Gasteiger partial charge in [-0.05, 0) is 31.0 Å². The van der Waals surface area contributed by atoms with E-state index >= 15 is 0 Å². The summed E-state index contributed by atoms with van der Waals surface area (Å²) in [6, 6.07) is 2.58. The topological polar surface area (TPSA) is 17.1 Å². The molecule has 0 spiro atoms. The Morgan fingerprint density at radius 3 is 2.20 bits per heavy atom. The van der Waals surface area contributed by atoms with Crippen LogP contribution >= 0.6 is 0 Å². The molecule has 0 atom stereocenters. The fourth-order valence-corrected chi connectivity index (χ4v) is 1.42. The molecule has 0 amide bonds. The van der Waals surface area contributed by atoms with E-state index in [1.165, 1.54) is 13.0 Å². The van der Waals surface area contributed by atoms with Gasteiger partial charge in [0.1, 0.15) is 5.82 Å². The third-order valence-corrected chi connectivity index (χ3v) is 2.06. The van der Waals surface area contributed by atoms with Gasteiger partial charge in [0.05, 0.1) is 5.56 Å². The van der Waals surface area contributed by atoms with Crippen LogP contribution in [0.1, 0.15) is 28.4 Å². The monoisotopic (exact) mass is 216 g/mol. The lowest BCUT2D eigenvalue weighted by molar-refractivity contribution is 0.0216. The summed E-state index contributed by atoms with van der Waals surface area (Å²) in [4.78, 5) is 11.2. The van der Waals surface area contributed by atoms with Gasteiger partial charge >= 0.3 is 5.92 Å². The number of hydrogen-bond donors (Lipinski definition) is 0. The minimum atomic E-state index is -3.54. The molecule has 0 aliphatic carbocycles. The second kappa shape index (κ2) is 3.68. The second-order valence-electron chi connectivity index (χ2n) is 3.66. The first kappa shape index (κ1) is 11.8. The summed E-state index contributed by atoms with van der Waals surface area (Å²) in [7, 11) is 0. The Bertz CT molecular complexity index is 382. The Balaban J connectivity index is 3.33. The van der Waals surface area contributed by atoms with Gasteiger partial charge in [-0.2, -0.15) is 8.78 Å². The Labute approximate surface area is 85.9 Å². The summed E-state index contributed by atoms with van der Waals surface area (Å²) in [6.45, 7) is 3.54. The molecule has 0 unspecified atom stereocenters. The van der Waals surface area contributed by atoms with Crippen LogP contribution in [0.15, 0.2) is 12.1 Å². The van der Waals surface area contributed by atoms with Gasteiger partial charge in [-0.3, -0.25) is 4.79 Å². The number of aryl methyl sites for hydroxylation is 2. The Hall–Kier alpha value is -1.32. The Kier molecular flexibility index (Phi) is 2.88. The van der Waals surface area contributed by atoms with Crippen molar-refractivity contribution in [2.45, 2.75) is 26.7 Å². The average molecular weight is 216 g/mol. The molecule has 82 valence electrons. The minimum absolute atomic E-state index is 0.235. The smallest absolute Gasteiger partial charge is 0.287 e. The molecule has 1 aromatic carbocycles. The first-order valence-corrected chi connectivity index (χ1v) is 4.43. The number of alkyl halides is 2. The van der Waals surface area contributed by atoms with E-state index < -0.39 is 23.1 Å². The van der Waals surface area contributed by atoms with E-state index in [4.69, 9.17) is 0 Å². The molecule has 4 heteroatoms. The number of benzene rings is 1. The standard InChI is InChI=1S/C11H11F3O/c1-6-4-7(2)9(8(12)5-6)10(15)11(3,13)14/h4-5H,1-3H3. The van der Waals surface area contributed by atoms with Gasteiger partial charge < -0.3 is 0 Å². The van der Waals surface area contributed by atoms with Gasteiger partial charge in [-0.1, -0.05) is 6.07 Å². The number of Topliss-reactive ketones (excluding diaryl/α,β-unsaturated/α-hetero) is 1. The molecule has 0 saturated heterocycles. The van der Waals surface area contributed by atoms with E-state index in [1.54, 1.807) is 6.92 Å². The van der Waals surface area contributed by atoms with Crippen LogP contribution < -0.4 is 0 Å². The van der Waals surface area contributed by atoms with E-state index in [1.807, 2.05) is 0 Å². The van der Waals surface area contributed by atoms with E-state index in [9.17, 15) is 18.0 Å². The lowest BCUT2D eigenvalue weighted by atomic mass is 9.98. The number of ketones is 1. The Morgan fingerprint density at radius 1 is 1.27 bits per heavy atom. The van der Waals surface area contributed by atoms with Gasteiger partial charge in [-0.15, -0.1) is 0 Å². The lowest BCUT2D eigenvalue weighted by Crippen LogP contribution is -2.26. The summed E-state index contributed by atoms with van der Waals surface area (Å²) in [5.41, 5.74) is 0.313. The van der Waals surface area contributed by atoms with Crippen molar-refractivity contribution in [3.63, 3.8) is 0 Å². The number of halogens is 3. The number of hydrogen-bond acceptors (Lipinski definition) is 1. The summed E-state index contributed by atoms with van der Waals surface area (Å²) in [5, 5.41) is 0. The number of carbonyl (C=O) groups excluding carboxylic acids is 1. The van der Waals surface area contributed by atoms with Crippen molar-refractivity contribution >= 4 is 5.78 Å². The zero-order chi connectivity index (χ0) is 11.8. The zero-order valence-electron chi connectivity index (χ0n) is 8.70. The fraction of sp³-hybridized carbons (Fsp3) is 0.364. The van der Waals surface area contributed by atoms with Crippen molar-refractivity contribution in [3.05, 3.63) is 34.6 Å². The van der Waals surface area contributed by atoms with Crippen LogP contribution in [0.5, 0.6) is 0 Å². The van der Waals surface area contributed by atoms with Gasteiger partial charge in [0.2, 0.25) is 5.78 Å². The fourth-order valence-electron chi connectivity index (χ4n) is 1.42. The maximum absolute atomic E-state index is 13.3. The van der Waals surface area contributed by atoms with Gasteiger partial charge in [0.15, 0.2) is 0 Å². The molecule has 0 bridgehead atoms. The normalized spacial score (nSPS) is 11.6. The first-order chi connectivity index (χ1) is 6.73. The van der Waals surface area contributed by atoms with Crippen LogP contribution in [-0.4, -0.2) is 11.7 Å². The van der Waals surface area contributed by atoms with Crippen molar-refractivity contribution in [1.29, 1.82) is 0 Å².